The topological polar surface area (TPSA) is 77.7 Å². The molecule has 1 fully saturated rings. The summed E-state index contributed by atoms with van der Waals surface area (Å²) in [5.74, 6) is -0.137. The number of rotatable bonds is 5. The molecule has 4 rings (SSSR count). The van der Waals surface area contributed by atoms with Crippen LogP contribution in [0.5, 0.6) is 5.75 Å². The third kappa shape index (κ3) is 5.53. The number of anilines is 1. The third-order valence-electron chi connectivity index (χ3n) is 5.84. The lowest BCUT2D eigenvalue weighted by Gasteiger charge is -2.35. The summed E-state index contributed by atoms with van der Waals surface area (Å²) in [6.07, 6.45) is 0.946. The number of nitrogens with zero attached hydrogens (tertiary/aromatic N) is 2. The summed E-state index contributed by atoms with van der Waals surface area (Å²) in [4.78, 5) is 19.0. The first-order valence-corrected chi connectivity index (χ1v) is 12.0. The molecule has 0 saturated carbocycles. The van der Waals surface area contributed by atoms with Crippen LogP contribution in [0.4, 0.5) is 10.2 Å². The molecule has 1 aromatic heterocycles. The summed E-state index contributed by atoms with van der Waals surface area (Å²) in [5, 5.41) is 0.188. The molecule has 2 aromatic carbocycles. The predicted octanol–water partition coefficient (Wildman–Crippen LogP) is 6.17. The number of ether oxygens (including phenoxy) is 2. The zero-order chi connectivity index (χ0) is 25.3. The van der Waals surface area contributed by atoms with E-state index in [4.69, 9.17) is 38.4 Å². The fourth-order valence-electron chi connectivity index (χ4n) is 4.20. The van der Waals surface area contributed by atoms with Crippen LogP contribution in [0.15, 0.2) is 48.7 Å². The van der Waals surface area contributed by atoms with Gasteiger partial charge in [0.25, 0.3) is 5.91 Å². The third-order valence-corrected chi connectivity index (χ3v) is 6.56. The first-order valence-electron chi connectivity index (χ1n) is 11.2. The number of benzene rings is 2. The van der Waals surface area contributed by atoms with Crippen molar-refractivity contribution < 1.29 is 18.7 Å². The summed E-state index contributed by atoms with van der Waals surface area (Å²) in [7, 11) is 0. The molecule has 184 valence electrons. The van der Waals surface area contributed by atoms with E-state index < -0.39 is 11.9 Å². The minimum atomic E-state index is -0.677. The molecular weight excluding hydrogens is 492 g/mol. The molecule has 6 nitrogen and oxygen atoms in total. The van der Waals surface area contributed by atoms with Gasteiger partial charge >= 0.3 is 0 Å². The Morgan fingerprint density at radius 3 is 2.46 bits per heavy atom. The number of carbonyl (C=O) groups excluding carboxylic acids is 1. The van der Waals surface area contributed by atoms with Crippen LogP contribution in [0.2, 0.25) is 10.0 Å². The molecule has 1 aliphatic heterocycles. The molecule has 1 unspecified atom stereocenters. The quantitative estimate of drug-likeness (QED) is 0.409. The van der Waals surface area contributed by atoms with Crippen molar-refractivity contribution in [3.8, 4) is 16.9 Å². The molecule has 2 N–H and O–H groups in total. The van der Waals surface area contributed by atoms with Crippen molar-refractivity contribution in [2.75, 3.05) is 18.8 Å². The zero-order valence-electron chi connectivity index (χ0n) is 19.6. The number of amides is 1. The van der Waals surface area contributed by atoms with Gasteiger partial charge in [-0.25, -0.2) is 9.37 Å². The Labute approximate surface area is 213 Å². The largest absolute Gasteiger partial charge is 0.482 e. The number of halogens is 3. The van der Waals surface area contributed by atoms with Gasteiger partial charge in [0.15, 0.2) is 11.6 Å². The number of aromatic nitrogens is 1. The molecule has 2 heterocycles. The average molecular weight is 518 g/mol. The molecule has 35 heavy (non-hydrogen) atoms. The second-order valence-electron chi connectivity index (χ2n) is 8.67. The Kier molecular flexibility index (Phi) is 7.50. The van der Waals surface area contributed by atoms with Crippen LogP contribution in [0.3, 0.4) is 0 Å². The fourth-order valence-corrected chi connectivity index (χ4v) is 4.88. The minimum absolute atomic E-state index is 0.000721. The van der Waals surface area contributed by atoms with Gasteiger partial charge in [0.05, 0.1) is 17.2 Å². The zero-order valence-corrected chi connectivity index (χ0v) is 21.1. The first kappa shape index (κ1) is 25.2. The number of nitrogen functional groups attached to an aromatic ring is 1. The normalized spacial score (nSPS) is 18.9. The van der Waals surface area contributed by atoms with E-state index in [1.165, 1.54) is 12.1 Å². The van der Waals surface area contributed by atoms with Crippen molar-refractivity contribution in [3.63, 3.8) is 0 Å². The van der Waals surface area contributed by atoms with E-state index in [0.717, 1.165) is 11.1 Å². The summed E-state index contributed by atoms with van der Waals surface area (Å²) < 4.78 is 25.6. The molecule has 1 amide bonds. The molecule has 1 saturated heterocycles. The number of hydrogen-bond acceptors (Lipinski definition) is 5. The van der Waals surface area contributed by atoms with Gasteiger partial charge in [-0.3, -0.25) is 4.79 Å². The predicted molar refractivity (Wildman–Crippen MR) is 135 cm³/mol. The van der Waals surface area contributed by atoms with Gasteiger partial charge in [-0.1, -0.05) is 35.3 Å². The summed E-state index contributed by atoms with van der Waals surface area (Å²) >= 11 is 12.3. The van der Waals surface area contributed by atoms with E-state index in [1.807, 2.05) is 30.9 Å². The maximum atomic E-state index is 14.0. The van der Waals surface area contributed by atoms with E-state index >= 15 is 0 Å². The molecular formula is C26H26Cl2FN3O3. The van der Waals surface area contributed by atoms with Gasteiger partial charge in [-0.2, -0.15) is 0 Å². The minimum Gasteiger partial charge on any atom is -0.482 e. The van der Waals surface area contributed by atoms with Crippen LogP contribution in [0.25, 0.3) is 11.1 Å². The van der Waals surface area contributed by atoms with Crippen LogP contribution < -0.4 is 10.5 Å². The van der Waals surface area contributed by atoms with Gasteiger partial charge in [0.1, 0.15) is 11.9 Å². The maximum Gasteiger partial charge on any atom is 0.254 e. The van der Waals surface area contributed by atoms with Crippen LogP contribution in [0.1, 0.15) is 42.8 Å². The highest BCUT2D eigenvalue weighted by Gasteiger charge is 2.26. The lowest BCUT2D eigenvalue weighted by molar-refractivity contribution is -0.0586. The average Bonchev–Trinajstić information content (AvgIpc) is 2.82. The summed E-state index contributed by atoms with van der Waals surface area (Å²) in [6, 6.07) is 11.6. The van der Waals surface area contributed by atoms with Crippen molar-refractivity contribution >= 4 is 34.9 Å². The van der Waals surface area contributed by atoms with Crippen LogP contribution in [0, 0.1) is 5.82 Å². The van der Waals surface area contributed by atoms with Crippen LogP contribution in [-0.4, -0.2) is 41.1 Å². The van der Waals surface area contributed by atoms with Crippen molar-refractivity contribution in [2.24, 2.45) is 0 Å². The van der Waals surface area contributed by atoms with E-state index in [2.05, 4.69) is 4.98 Å². The summed E-state index contributed by atoms with van der Waals surface area (Å²) in [5.41, 5.74) is 8.53. The van der Waals surface area contributed by atoms with Crippen molar-refractivity contribution in [3.05, 3.63) is 75.7 Å². The highest BCUT2D eigenvalue weighted by Crippen LogP contribution is 2.37. The van der Waals surface area contributed by atoms with E-state index in [-0.39, 0.29) is 34.0 Å². The van der Waals surface area contributed by atoms with Crippen LogP contribution >= 0.6 is 23.2 Å². The Balaban J connectivity index is 1.54. The van der Waals surface area contributed by atoms with Gasteiger partial charge in [-0.15, -0.1) is 0 Å². The van der Waals surface area contributed by atoms with Gasteiger partial charge in [-0.05, 0) is 56.7 Å². The van der Waals surface area contributed by atoms with Crippen molar-refractivity contribution in [1.29, 1.82) is 0 Å². The number of hydrogen-bond donors (Lipinski definition) is 1. The molecule has 0 spiro atoms. The fraction of sp³-hybridized carbons (Fsp3) is 0.308. The molecule has 0 radical (unpaired) electrons. The van der Waals surface area contributed by atoms with Crippen molar-refractivity contribution in [2.45, 2.75) is 39.1 Å². The van der Waals surface area contributed by atoms with Gasteiger partial charge < -0.3 is 20.1 Å². The Hall–Kier alpha value is -2.87. The van der Waals surface area contributed by atoms with Gasteiger partial charge in [0.2, 0.25) is 0 Å². The number of morpholine rings is 1. The monoisotopic (exact) mass is 517 g/mol. The van der Waals surface area contributed by atoms with E-state index in [0.29, 0.717) is 30.0 Å². The number of nitrogens with two attached hydrogens (primary N) is 1. The van der Waals surface area contributed by atoms with Crippen LogP contribution in [-0.2, 0) is 4.74 Å². The molecule has 0 bridgehead atoms. The summed E-state index contributed by atoms with van der Waals surface area (Å²) in [6.45, 7) is 6.75. The first-order chi connectivity index (χ1) is 16.6. The second-order valence-corrected chi connectivity index (χ2v) is 9.45. The SMILES string of the molecule is CC(Oc1cc(-c2ccc(C(=O)N3C[C@@H](C)O[C@@H](C)C3)cc2)cnc1N)c1c(Cl)ccc(F)c1Cl. The Morgan fingerprint density at radius 1 is 1.14 bits per heavy atom. The molecule has 3 aromatic rings. The molecule has 3 atom stereocenters. The van der Waals surface area contributed by atoms with Gasteiger partial charge in [0, 0.05) is 41.0 Å². The van der Waals surface area contributed by atoms with E-state index in [9.17, 15) is 9.18 Å². The molecule has 1 aliphatic rings. The highest BCUT2D eigenvalue weighted by molar-refractivity contribution is 6.36. The van der Waals surface area contributed by atoms with Crippen molar-refractivity contribution in [1.82, 2.24) is 9.88 Å². The second kappa shape index (κ2) is 10.4. The molecule has 0 aliphatic carbocycles. The number of pyridine rings is 1. The Bertz CT molecular complexity index is 1230. The lowest BCUT2D eigenvalue weighted by atomic mass is 10.0. The smallest absolute Gasteiger partial charge is 0.254 e. The number of carbonyl (C=O) groups is 1. The maximum absolute atomic E-state index is 14.0. The Morgan fingerprint density at radius 2 is 1.80 bits per heavy atom. The molecule has 9 heteroatoms. The lowest BCUT2D eigenvalue weighted by Crippen LogP contribution is -2.48. The standard InChI is InChI=1S/C26H26Cl2FN3O3/c1-14-12-32(13-15(2)34-14)26(33)18-6-4-17(5-7-18)19-10-22(25(30)31-11-19)35-16(3)23-20(27)8-9-21(29)24(23)28/h4-11,14-16H,12-13H2,1-3H3,(H2,30,31)/t14-,15+,16?. The van der Waals surface area contributed by atoms with E-state index in [1.54, 1.807) is 31.3 Å². The highest BCUT2D eigenvalue weighted by atomic mass is 35.5.